The Bertz CT molecular complexity index is 1090. The minimum Gasteiger partial charge on any atom is -0.497 e. The summed E-state index contributed by atoms with van der Waals surface area (Å²) in [6, 6.07) is 14.2. The highest BCUT2D eigenvalue weighted by atomic mass is 32.1. The molecule has 33 heavy (non-hydrogen) atoms. The maximum atomic E-state index is 11.1. The lowest BCUT2D eigenvalue weighted by Crippen LogP contribution is -2.22. The molecule has 0 saturated heterocycles. The molecule has 0 aliphatic heterocycles. The molecule has 2 atom stereocenters. The van der Waals surface area contributed by atoms with Crippen LogP contribution in [-0.2, 0) is 9.53 Å². The Morgan fingerprint density at radius 1 is 1.12 bits per heavy atom. The van der Waals surface area contributed by atoms with Crippen molar-refractivity contribution in [3.05, 3.63) is 60.7 Å². The summed E-state index contributed by atoms with van der Waals surface area (Å²) in [5.74, 6) is 0.884. The molecule has 7 heteroatoms. The maximum Gasteiger partial charge on any atom is 0.330 e. The summed E-state index contributed by atoms with van der Waals surface area (Å²) in [5.41, 5.74) is 2.33. The van der Waals surface area contributed by atoms with E-state index in [9.17, 15) is 15.0 Å². The summed E-state index contributed by atoms with van der Waals surface area (Å²) in [6.07, 6.45) is 1.21. The molecule has 0 saturated carbocycles. The second kappa shape index (κ2) is 11.8. The third kappa shape index (κ3) is 6.81. The van der Waals surface area contributed by atoms with E-state index < -0.39 is 12.1 Å². The lowest BCUT2D eigenvalue weighted by Gasteiger charge is -2.17. The zero-order chi connectivity index (χ0) is 23.8. The normalized spacial score (nSPS) is 12.8. The van der Waals surface area contributed by atoms with E-state index in [0.29, 0.717) is 19.4 Å². The number of ether oxygens (including phenoxy) is 3. The number of aliphatic hydroxyl groups is 2. The molecule has 1 aromatic heterocycles. The summed E-state index contributed by atoms with van der Waals surface area (Å²) in [6.45, 7) is 5.58. The van der Waals surface area contributed by atoms with Crippen molar-refractivity contribution in [2.45, 2.75) is 25.9 Å². The Morgan fingerprint density at radius 3 is 2.61 bits per heavy atom. The average molecular weight is 471 g/mol. The summed E-state index contributed by atoms with van der Waals surface area (Å²) < 4.78 is 17.2. The first kappa shape index (κ1) is 24.8. The second-order valence-corrected chi connectivity index (χ2v) is 9.00. The number of fused-ring (bicyclic) bond motifs is 1. The number of methoxy groups -OCH3 is 1. The van der Waals surface area contributed by atoms with Gasteiger partial charge in [0.2, 0.25) is 0 Å². The van der Waals surface area contributed by atoms with Crippen LogP contribution in [0.5, 0.6) is 11.5 Å². The monoisotopic (exact) mass is 470 g/mol. The number of benzene rings is 2. The first-order chi connectivity index (χ1) is 15.9. The fraction of sp³-hybridized carbons (Fsp3) is 0.346. The number of hydrogen-bond acceptors (Lipinski definition) is 7. The number of aryl methyl sites for hydroxylation is 1. The highest BCUT2D eigenvalue weighted by molar-refractivity contribution is 7.22. The fourth-order valence-electron chi connectivity index (χ4n) is 3.46. The van der Waals surface area contributed by atoms with E-state index in [1.165, 1.54) is 10.4 Å². The quantitative estimate of drug-likeness (QED) is 0.294. The van der Waals surface area contributed by atoms with Gasteiger partial charge in [0, 0.05) is 28.2 Å². The minimum atomic E-state index is -0.787. The zero-order valence-electron chi connectivity index (χ0n) is 19.0. The predicted molar refractivity (Wildman–Crippen MR) is 131 cm³/mol. The van der Waals surface area contributed by atoms with Gasteiger partial charge >= 0.3 is 5.97 Å². The van der Waals surface area contributed by atoms with Crippen LogP contribution in [0, 0.1) is 12.8 Å². The van der Waals surface area contributed by atoms with Crippen LogP contribution in [0.1, 0.15) is 18.4 Å². The van der Waals surface area contributed by atoms with Crippen LogP contribution in [0.2, 0.25) is 0 Å². The van der Waals surface area contributed by atoms with Gasteiger partial charge in [0.1, 0.15) is 18.1 Å². The Hall–Kier alpha value is -2.87. The van der Waals surface area contributed by atoms with Gasteiger partial charge in [0.05, 0.1) is 19.8 Å². The SMILES string of the molecule is C=CC(=O)OCC(O)CCC(CO)COc1ccc2cc(-c3ccc(OC)cc3C)sc2c1. The predicted octanol–water partition coefficient (Wildman–Crippen LogP) is 4.74. The van der Waals surface area contributed by atoms with Crippen LogP contribution < -0.4 is 9.47 Å². The molecule has 0 radical (unpaired) electrons. The molecule has 3 aromatic rings. The van der Waals surface area contributed by atoms with E-state index in [2.05, 4.69) is 25.6 Å². The highest BCUT2D eigenvalue weighted by Gasteiger charge is 2.14. The third-order valence-corrected chi connectivity index (χ3v) is 6.56. The van der Waals surface area contributed by atoms with Crippen LogP contribution in [-0.4, -0.2) is 49.2 Å². The van der Waals surface area contributed by atoms with Gasteiger partial charge in [-0.1, -0.05) is 6.58 Å². The molecule has 0 aliphatic rings. The minimum absolute atomic E-state index is 0.0543. The third-order valence-electron chi connectivity index (χ3n) is 5.43. The lowest BCUT2D eigenvalue weighted by molar-refractivity contribution is -0.140. The van der Waals surface area contributed by atoms with Gasteiger partial charge < -0.3 is 24.4 Å². The highest BCUT2D eigenvalue weighted by Crippen LogP contribution is 2.37. The summed E-state index contributed by atoms with van der Waals surface area (Å²) >= 11 is 1.70. The second-order valence-electron chi connectivity index (χ2n) is 7.92. The Kier molecular flexibility index (Phi) is 8.88. The van der Waals surface area contributed by atoms with E-state index >= 15 is 0 Å². The number of hydrogen-bond donors (Lipinski definition) is 2. The average Bonchev–Trinajstić information content (AvgIpc) is 3.25. The van der Waals surface area contributed by atoms with E-state index in [4.69, 9.17) is 14.2 Å². The number of esters is 1. The molecular weight excluding hydrogens is 440 g/mol. The van der Waals surface area contributed by atoms with Gasteiger partial charge in [-0.05, 0) is 78.7 Å². The Morgan fingerprint density at radius 2 is 1.91 bits per heavy atom. The fourth-order valence-corrected chi connectivity index (χ4v) is 4.65. The van der Waals surface area contributed by atoms with Crippen molar-refractivity contribution in [2.24, 2.45) is 5.92 Å². The van der Waals surface area contributed by atoms with Gasteiger partial charge in [-0.15, -0.1) is 11.3 Å². The number of carbonyl (C=O) groups excluding carboxylic acids is 1. The standard InChI is InChI=1S/C26H30O6S/c1-4-26(29)32-16-20(28)7-5-18(14-27)15-31-22-8-6-19-12-25(33-24(19)13-22)23-10-9-21(30-3)11-17(23)2/h4,6,8-13,18,20,27-28H,1,5,7,14-16H2,2-3H3. The first-order valence-electron chi connectivity index (χ1n) is 10.8. The van der Waals surface area contributed by atoms with Crippen LogP contribution in [0.15, 0.2) is 55.1 Å². The van der Waals surface area contributed by atoms with Gasteiger partial charge in [0.15, 0.2) is 0 Å². The van der Waals surface area contributed by atoms with Crippen molar-refractivity contribution >= 4 is 27.4 Å². The molecule has 2 aromatic carbocycles. The molecule has 2 unspecified atom stereocenters. The van der Waals surface area contributed by atoms with Crippen molar-refractivity contribution in [1.82, 2.24) is 0 Å². The molecule has 0 aliphatic carbocycles. The number of carbonyl (C=O) groups is 1. The molecule has 2 N–H and O–H groups in total. The van der Waals surface area contributed by atoms with Gasteiger partial charge in [-0.3, -0.25) is 0 Å². The van der Waals surface area contributed by atoms with Crippen molar-refractivity contribution in [3.63, 3.8) is 0 Å². The van der Waals surface area contributed by atoms with E-state index in [0.717, 1.165) is 33.2 Å². The zero-order valence-corrected chi connectivity index (χ0v) is 19.8. The summed E-state index contributed by atoms with van der Waals surface area (Å²) in [4.78, 5) is 12.3. The van der Waals surface area contributed by atoms with Gasteiger partial charge in [0.25, 0.3) is 0 Å². The van der Waals surface area contributed by atoms with Gasteiger partial charge in [-0.2, -0.15) is 0 Å². The summed E-state index contributed by atoms with van der Waals surface area (Å²) in [5, 5.41) is 20.8. The lowest BCUT2D eigenvalue weighted by atomic mass is 10.0. The maximum absolute atomic E-state index is 11.1. The number of thiophene rings is 1. The Labute approximate surface area is 198 Å². The van der Waals surface area contributed by atoms with E-state index in [1.54, 1.807) is 18.4 Å². The topological polar surface area (TPSA) is 85.2 Å². The molecule has 176 valence electrons. The smallest absolute Gasteiger partial charge is 0.330 e. The van der Waals surface area contributed by atoms with Crippen LogP contribution >= 0.6 is 11.3 Å². The Balaban J connectivity index is 1.59. The molecule has 1 heterocycles. The van der Waals surface area contributed by atoms with Crippen molar-refractivity contribution < 1.29 is 29.2 Å². The molecule has 0 fully saturated rings. The van der Waals surface area contributed by atoms with E-state index in [1.807, 2.05) is 30.3 Å². The van der Waals surface area contributed by atoms with Crippen molar-refractivity contribution in [1.29, 1.82) is 0 Å². The van der Waals surface area contributed by atoms with Crippen molar-refractivity contribution in [3.8, 4) is 21.9 Å². The first-order valence-corrected chi connectivity index (χ1v) is 11.6. The number of aliphatic hydroxyl groups excluding tert-OH is 2. The van der Waals surface area contributed by atoms with Gasteiger partial charge in [-0.25, -0.2) is 4.79 Å². The molecule has 0 spiro atoms. The molecule has 3 rings (SSSR count). The molecule has 0 amide bonds. The van der Waals surface area contributed by atoms with Crippen LogP contribution in [0.4, 0.5) is 0 Å². The van der Waals surface area contributed by atoms with Crippen LogP contribution in [0.3, 0.4) is 0 Å². The molecular formula is C26H30O6S. The van der Waals surface area contributed by atoms with Crippen LogP contribution in [0.25, 0.3) is 20.5 Å². The molecule has 0 bridgehead atoms. The molecule has 6 nitrogen and oxygen atoms in total. The largest absolute Gasteiger partial charge is 0.497 e. The van der Waals surface area contributed by atoms with E-state index in [-0.39, 0.29) is 19.1 Å². The number of rotatable bonds is 12. The van der Waals surface area contributed by atoms with Crippen molar-refractivity contribution in [2.75, 3.05) is 26.9 Å². The summed E-state index contributed by atoms with van der Waals surface area (Å²) in [7, 11) is 1.67.